The highest BCUT2D eigenvalue weighted by molar-refractivity contribution is 14.0. The van der Waals surface area contributed by atoms with Crippen molar-refractivity contribution in [3.05, 3.63) is 29.3 Å². The molecule has 2 rings (SSSR count). The van der Waals surface area contributed by atoms with Crippen LogP contribution in [-0.2, 0) is 12.8 Å². The molecule has 0 fully saturated rings. The third kappa shape index (κ3) is 4.63. The van der Waals surface area contributed by atoms with Crippen LogP contribution in [0, 0.1) is 0 Å². The Morgan fingerprint density at radius 3 is 2.89 bits per heavy atom. The molecule has 1 aliphatic rings. The number of nitrogens with two attached hydrogens (primary N) is 1. The normalized spacial score (nSPS) is 14.5. The van der Waals surface area contributed by atoms with Crippen LogP contribution in [0.1, 0.15) is 30.4 Å². The number of fused-ring (bicyclic) bond motifs is 1. The molecule has 0 aliphatic heterocycles. The van der Waals surface area contributed by atoms with Crippen molar-refractivity contribution in [2.24, 2.45) is 10.7 Å². The molecule has 3 N–H and O–H groups in total. The van der Waals surface area contributed by atoms with Gasteiger partial charge in [-0.15, -0.1) is 24.0 Å². The van der Waals surface area contributed by atoms with Crippen LogP contribution in [0.3, 0.4) is 0 Å². The molecule has 3 nitrogen and oxygen atoms in total. The molecule has 0 spiro atoms. The SMILES string of the molecule is I.NC(=NCCCF)Nc1cccc2c1CCCC2. The first-order valence-corrected chi connectivity index (χ1v) is 6.55. The van der Waals surface area contributed by atoms with E-state index in [4.69, 9.17) is 5.73 Å². The fraction of sp³-hybridized carbons (Fsp3) is 0.500. The van der Waals surface area contributed by atoms with E-state index in [9.17, 15) is 4.39 Å². The lowest BCUT2D eigenvalue weighted by atomic mass is 9.90. The maximum absolute atomic E-state index is 12.0. The average Bonchev–Trinajstić information content (AvgIpc) is 2.39. The summed E-state index contributed by atoms with van der Waals surface area (Å²) in [5.41, 5.74) is 9.61. The molecule has 0 aromatic heterocycles. The zero-order chi connectivity index (χ0) is 12.8. The van der Waals surface area contributed by atoms with Gasteiger partial charge in [-0.25, -0.2) is 0 Å². The monoisotopic (exact) mass is 377 g/mol. The standard InChI is InChI=1S/C14H20FN3.HI/c15-9-4-10-17-14(16)18-13-8-3-6-11-5-1-2-7-12(11)13;/h3,6,8H,1-2,4-5,7,9-10H2,(H3,16,17,18);1H. The van der Waals surface area contributed by atoms with Gasteiger partial charge in [0.1, 0.15) is 0 Å². The third-order valence-corrected chi connectivity index (χ3v) is 3.23. The molecular formula is C14H21FIN3. The van der Waals surface area contributed by atoms with Crippen molar-refractivity contribution in [1.82, 2.24) is 0 Å². The van der Waals surface area contributed by atoms with Gasteiger partial charge in [-0.1, -0.05) is 12.1 Å². The van der Waals surface area contributed by atoms with E-state index in [0.717, 1.165) is 18.5 Å². The number of nitrogens with zero attached hydrogens (tertiary/aromatic N) is 1. The Bertz CT molecular complexity index is 435. The molecule has 0 bridgehead atoms. The van der Waals surface area contributed by atoms with Crippen molar-refractivity contribution in [2.45, 2.75) is 32.1 Å². The van der Waals surface area contributed by atoms with Crippen molar-refractivity contribution in [3.63, 3.8) is 0 Å². The molecule has 1 aromatic carbocycles. The summed E-state index contributed by atoms with van der Waals surface area (Å²) in [5.74, 6) is 0.377. The predicted molar refractivity (Wildman–Crippen MR) is 89.2 cm³/mol. The second kappa shape index (κ2) is 8.35. The van der Waals surface area contributed by atoms with E-state index in [0.29, 0.717) is 18.9 Å². The zero-order valence-electron chi connectivity index (χ0n) is 11.0. The van der Waals surface area contributed by atoms with E-state index in [1.807, 2.05) is 12.1 Å². The van der Waals surface area contributed by atoms with Crippen LogP contribution in [0.15, 0.2) is 23.2 Å². The molecular weight excluding hydrogens is 356 g/mol. The summed E-state index contributed by atoms with van der Waals surface area (Å²) < 4.78 is 12.0. The molecule has 106 valence electrons. The summed E-state index contributed by atoms with van der Waals surface area (Å²) in [5, 5.41) is 3.13. The van der Waals surface area contributed by atoms with E-state index in [2.05, 4.69) is 16.4 Å². The summed E-state index contributed by atoms with van der Waals surface area (Å²) in [6, 6.07) is 6.25. The van der Waals surface area contributed by atoms with Gasteiger partial charge in [-0.3, -0.25) is 9.38 Å². The molecule has 0 amide bonds. The van der Waals surface area contributed by atoms with E-state index in [1.165, 1.54) is 24.0 Å². The maximum Gasteiger partial charge on any atom is 0.193 e. The van der Waals surface area contributed by atoms with Crippen LogP contribution in [-0.4, -0.2) is 19.2 Å². The number of nitrogens with one attached hydrogen (secondary N) is 1. The number of alkyl halides is 1. The lowest BCUT2D eigenvalue weighted by Crippen LogP contribution is -2.24. The second-order valence-corrected chi connectivity index (χ2v) is 4.58. The number of guanidine groups is 1. The van der Waals surface area contributed by atoms with Crippen molar-refractivity contribution in [3.8, 4) is 0 Å². The van der Waals surface area contributed by atoms with Crippen molar-refractivity contribution in [1.29, 1.82) is 0 Å². The van der Waals surface area contributed by atoms with Crippen LogP contribution in [0.4, 0.5) is 10.1 Å². The number of aliphatic imine (C=N–C) groups is 1. The van der Waals surface area contributed by atoms with E-state index >= 15 is 0 Å². The Balaban J connectivity index is 0.00000180. The molecule has 0 unspecified atom stereocenters. The van der Waals surface area contributed by atoms with Crippen LogP contribution < -0.4 is 11.1 Å². The smallest absolute Gasteiger partial charge is 0.193 e. The van der Waals surface area contributed by atoms with Crippen molar-refractivity contribution >= 4 is 35.6 Å². The topological polar surface area (TPSA) is 50.4 Å². The Morgan fingerprint density at radius 2 is 2.11 bits per heavy atom. The van der Waals surface area contributed by atoms with Crippen LogP contribution in [0.5, 0.6) is 0 Å². The Hall–Kier alpha value is -0.850. The molecule has 0 radical (unpaired) electrons. The minimum absolute atomic E-state index is 0. The molecule has 19 heavy (non-hydrogen) atoms. The predicted octanol–water partition coefficient (Wildman–Crippen LogP) is 3.27. The Kier molecular flexibility index (Phi) is 7.12. The van der Waals surface area contributed by atoms with Crippen LogP contribution >= 0.6 is 24.0 Å². The van der Waals surface area contributed by atoms with Crippen LogP contribution in [0.2, 0.25) is 0 Å². The minimum atomic E-state index is -0.350. The fourth-order valence-electron chi connectivity index (χ4n) is 2.34. The molecule has 0 atom stereocenters. The number of halogens is 2. The third-order valence-electron chi connectivity index (χ3n) is 3.23. The summed E-state index contributed by atoms with van der Waals surface area (Å²) in [4.78, 5) is 4.10. The summed E-state index contributed by atoms with van der Waals surface area (Å²) in [6.45, 7) is 0.0852. The maximum atomic E-state index is 12.0. The quantitative estimate of drug-likeness (QED) is 0.366. The van der Waals surface area contributed by atoms with Gasteiger partial charge >= 0.3 is 0 Å². The number of benzene rings is 1. The van der Waals surface area contributed by atoms with Gasteiger partial charge < -0.3 is 11.1 Å². The van der Waals surface area contributed by atoms with Gasteiger partial charge in [-0.2, -0.15) is 0 Å². The second-order valence-electron chi connectivity index (χ2n) is 4.58. The lowest BCUT2D eigenvalue weighted by Gasteiger charge is -2.19. The van der Waals surface area contributed by atoms with E-state index in [-0.39, 0.29) is 30.7 Å². The number of aryl methyl sites for hydroxylation is 1. The average molecular weight is 377 g/mol. The van der Waals surface area contributed by atoms with E-state index < -0.39 is 0 Å². The molecule has 0 saturated carbocycles. The lowest BCUT2D eigenvalue weighted by molar-refractivity contribution is 0.477. The van der Waals surface area contributed by atoms with Crippen molar-refractivity contribution < 1.29 is 4.39 Å². The molecule has 1 aromatic rings. The summed E-state index contributed by atoms with van der Waals surface area (Å²) in [6.07, 6.45) is 5.15. The minimum Gasteiger partial charge on any atom is -0.370 e. The highest BCUT2D eigenvalue weighted by Gasteiger charge is 2.12. The number of hydrogen-bond acceptors (Lipinski definition) is 1. The number of hydrogen-bond donors (Lipinski definition) is 2. The highest BCUT2D eigenvalue weighted by Crippen LogP contribution is 2.27. The number of rotatable bonds is 4. The molecule has 0 saturated heterocycles. The van der Waals surface area contributed by atoms with Crippen molar-refractivity contribution in [2.75, 3.05) is 18.5 Å². The number of anilines is 1. The first-order valence-electron chi connectivity index (χ1n) is 6.55. The molecule has 0 heterocycles. The fourth-order valence-corrected chi connectivity index (χ4v) is 2.34. The largest absolute Gasteiger partial charge is 0.370 e. The van der Waals surface area contributed by atoms with Gasteiger partial charge in [0.05, 0.1) is 6.67 Å². The zero-order valence-corrected chi connectivity index (χ0v) is 13.3. The Morgan fingerprint density at radius 1 is 1.32 bits per heavy atom. The van der Waals surface area contributed by atoms with Gasteiger partial charge in [0.25, 0.3) is 0 Å². The molecule has 5 heteroatoms. The van der Waals surface area contributed by atoms with Crippen LogP contribution in [0.25, 0.3) is 0 Å². The van der Waals surface area contributed by atoms with Gasteiger partial charge in [0.15, 0.2) is 5.96 Å². The van der Waals surface area contributed by atoms with E-state index in [1.54, 1.807) is 0 Å². The molecule has 1 aliphatic carbocycles. The highest BCUT2D eigenvalue weighted by atomic mass is 127. The Labute approximate surface area is 130 Å². The van der Waals surface area contributed by atoms with Gasteiger partial charge in [0.2, 0.25) is 0 Å². The summed E-state index contributed by atoms with van der Waals surface area (Å²) in [7, 11) is 0. The van der Waals surface area contributed by atoms with Gasteiger partial charge in [0, 0.05) is 12.2 Å². The van der Waals surface area contributed by atoms with Gasteiger partial charge in [-0.05, 0) is 49.3 Å². The first-order chi connectivity index (χ1) is 8.81. The first kappa shape index (κ1) is 16.2. The summed E-state index contributed by atoms with van der Waals surface area (Å²) >= 11 is 0.